The van der Waals surface area contributed by atoms with Crippen molar-refractivity contribution in [3.63, 3.8) is 0 Å². The Hall–Kier alpha value is -1.81. The summed E-state index contributed by atoms with van der Waals surface area (Å²) in [5.74, 6) is -0.0298. The molecule has 0 saturated carbocycles. The number of amides is 1. The predicted molar refractivity (Wildman–Crippen MR) is 90.0 cm³/mol. The number of carbonyl (C=O) groups is 1. The van der Waals surface area contributed by atoms with Gasteiger partial charge in [-0.15, -0.1) is 11.3 Å². The van der Waals surface area contributed by atoms with Gasteiger partial charge < -0.3 is 10.6 Å². The lowest BCUT2D eigenvalue weighted by atomic mass is 10.1. The molecular formula is C17H22N2OS. The lowest BCUT2D eigenvalue weighted by Crippen LogP contribution is -2.30. The Balaban J connectivity index is 2.12. The standard InChI is InChI=1S/C17H22N2OS/c1-4-15(16-9-6-10-21-16)19-14-8-5-7-13(11-14)17(20)18-12(2)3/h5-12,15,19H,4H2,1-3H3,(H,18,20). The molecule has 0 radical (unpaired) electrons. The Bertz CT molecular complexity index is 578. The number of hydrogen-bond donors (Lipinski definition) is 2. The number of benzene rings is 1. The van der Waals surface area contributed by atoms with Crippen molar-refractivity contribution >= 4 is 22.9 Å². The molecule has 1 amide bonds. The minimum absolute atomic E-state index is 0.0298. The Morgan fingerprint density at radius 2 is 2.05 bits per heavy atom. The maximum Gasteiger partial charge on any atom is 0.251 e. The summed E-state index contributed by atoms with van der Waals surface area (Å²) in [5, 5.41) is 8.52. The molecule has 2 rings (SSSR count). The second kappa shape index (κ2) is 7.27. The smallest absolute Gasteiger partial charge is 0.251 e. The maximum absolute atomic E-state index is 12.1. The molecule has 0 saturated heterocycles. The van der Waals surface area contributed by atoms with Gasteiger partial charge in [0.15, 0.2) is 0 Å². The van der Waals surface area contributed by atoms with E-state index in [0.29, 0.717) is 5.56 Å². The predicted octanol–water partition coefficient (Wildman–Crippen LogP) is 4.45. The summed E-state index contributed by atoms with van der Waals surface area (Å²) in [6, 6.07) is 12.3. The maximum atomic E-state index is 12.1. The van der Waals surface area contributed by atoms with Crippen molar-refractivity contribution in [1.82, 2.24) is 5.32 Å². The molecule has 4 heteroatoms. The third-order valence-corrected chi connectivity index (χ3v) is 4.17. The van der Waals surface area contributed by atoms with E-state index in [1.165, 1.54) is 4.88 Å². The van der Waals surface area contributed by atoms with Crippen molar-refractivity contribution < 1.29 is 4.79 Å². The van der Waals surface area contributed by atoms with E-state index in [1.807, 2.05) is 38.1 Å². The van der Waals surface area contributed by atoms with Crippen LogP contribution >= 0.6 is 11.3 Å². The molecule has 21 heavy (non-hydrogen) atoms. The molecule has 1 aromatic heterocycles. The second-order valence-corrected chi connectivity index (χ2v) is 6.31. The van der Waals surface area contributed by atoms with E-state index in [0.717, 1.165) is 12.1 Å². The summed E-state index contributed by atoms with van der Waals surface area (Å²) in [6.45, 7) is 6.08. The average molecular weight is 302 g/mol. The lowest BCUT2D eigenvalue weighted by molar-refractivity contribution is 0.0943. The zero-order valence-electron chi connectivity index (χ0n) is 12.7. The summed E-state index contributed by atoms with van der Waals surface area (Å²) < 4.78 is 0. The first-order valence-electron chi connectivity index (χ1n) is 7.31. The van der Waals surface area contributed by atoms with Gasteiger partial charge in [-0.1, -0.05) is 19.1 Å². The normalized spacial score (nSPS) is 12.2. The summed E-state index contributed by atoms with van der Waals surface area (Å²) >= 11 is 1.75. The van der Waals surface area contributed by atoms with Crippen molar-refractivity contribution in [3.05, 3.63) is 52.2 Å². The van der Waals surface area contributed by atoms with E-state index in [-0.39, 0.29) is 18.0 Å². The Kier molecular flexibility index (Phi) is 5.39. The van der Waals surface area contributed by atoms with Crippen LogP contribution in [0.3, 0.4) is 0 Å². The lowest BCUT2D eigenvalue weighted by Gasteiger charge is -2.17. The van der Waals surface area contributed by atoms with Crippen molar-refractivity contribution in [2.24, 2.45) is 0 Å². The topological polar surface area (TPSA) is 41.1 Å². The fourth-order valence-corrected chi connectivity index (χ4v) is 3.02. The number of carbonyl (C=O) groups excluding carboxylic acids is 1. The van der Waals surface area contributed by atoms with Gasteiger partial charge in [-0.25, -0.2) is 0 Å². The van der Waals surface area contributed by atoms with Crippen LogP contribution in [0.25, 0.3) is 0 Å². The first kappa shape index (κ1) is 15.6. The largest absolute Gasteiger partial charge is 0.377 e. The van der Waals surface area contributed by atoms with Gasteiger partial charge in [-0.05, 0) is 49.9 Å². The first-order chi connectivity index (χ1) is 10.1. The summed E-state index contributed by atoms with van der Waals surface area (Å²) in [7, 11) is 0. The van der Waals surface area contributed by atoms with Crippen LogP contribution in [0, 0.1) is 0 Å². The highest BCUT2D eigenvalue weighted by molar-refractivity contribution is 7.10. The van der Waals surface area contributed by atoms with Crippen LogP contribution in [-0.4, -0.2) is 11.9 Å². The van der Waals surface area contributed by atoms with Crippen LogP contribution in [0.1, 0.15) is 48.5 Å². The van der Waals surface area contributed by atoms with Crippen LogP contribution in [0.4, 0.5) is 5.69 Å². The zero-order valence-corrected chi connectivity index (χ0v) is 13.5. The highest BCUT2D eigenvalue weighted by Crippen LogP contribution is 2.26. The second-order valence-electron chi connectivity index (χ2n) is 5.33. The monoisotopic (exact) mass is 302 g/mol. The van der Waals surface area contributed by atoms with Gasteiger partial charge in [0, 0.05) is 22.2 Å². The van der Waals surface area contributed by atoms with Crippen LogP contribution in [0.5, 0.6) is 0 Å². The van der Waals surface area contributed by atoms with Crippen molar-refractivity contribution in [1.29, 1.82) is 0 Å². The van der Waals surface area contributed by atoms with E-state index >= 15 is 0 Å². The third kappa shape index (κ3) is 4.33. The molecule has 0 aliphatic rings. The quantitative estimate of drug-likeness (QED) is 0.827. The van der Waals surface area contributed by atoms with Crippen LogP contribution in [0.2, 0.25) is 0 Å². The number of rotatable bonds is 6. The minimum Gasteiger partial charge on any atom is -0.377 e. The van der Waals surface area contributed by atoms with E-state index in [4.69, 9.17) is 0 Å². The average Bonchev–Trinajstić information content (AvgIpc) is 2.98. The fraction of sp³-hybridized carbons (Fsp3) is 0.353. The fourth-order valence-electron chi connectivity index (χ4n) is 2.16. The van der Waals surface area contributed by atoms with Crippen LogP contribution < -0.4 is 10.6 Å². The van der Waals surface area contributed by atoms with Gasteiger partial charge in [0.25, 0.3) is 5.91 Å². The molecule has 112 valence electrons. The molecule has 1 aromatic carbocycles. The van der Waals surface area contributed by atoms with Crippen LogP contribution in [0.15, 0.2) is 41.8 Å². The molecule has 0 spiro atoms. The Morgan fingerprint density at radius 3 is 2.67 bits per heavy atom. The highest BCUT2D eigenvalue weighted by atomic mass is 32.1. The van der Waals surface area contributed by atoms with Crippen molar-refractivity contribution in [3.8, 4) is 0 Å². The van der Waals surface area contributed by atoms with E-state index in [1.54, 1.807) is 11.3 Å². The molecule has 0 aliphatic heterocycles. The van der Waals surface area contributed by atoms with E-state index in [2.05, 4.69) is 35.1 Å². The summed E-state index contributed by atoms with van der Waals surface area (Å²) in [5.41, 5.74) is 1.67. The van der Waals surface area contributed by atoms with Gasteiger partial charge in [0.1, 0.15) is 0 Å². The number of thiophene rings is 1. The molecule has 3 nitrogen and oxygen atoms in total. The molecule has 1 unspecified atom stereocenters. The molecular weight excluding hydrogens is 280 g/mol. The molecule has 2 aromatic rings. The van der Waals surface area contributed by atoms with E-state index < -0.39 is 0 Å². The Labute approximate surface area is 130 Å². The zero-order chi connectivity index (χ0) is 15.2. The van der Waals surface area contributed by atoms with Crippen molar-refractivity contribution in [2.75, 3.05) is 5.32 Å². The number of anilines is 1. The summed E-state index contributed by atoms with van der Waals surface area (Å²) in [4.78, 5) is 13.4. The van der Waals surface area contributed by atoms with Gasteiger partial charge in [-0.3, -0.25) is 4.79 Å². The van der Waals surface area contributed by atoms with Gasteiger partial charge in [-0.2, -0.15) is 0 Å². The molecule has 2 N–H and O–H groups in total. The van der Waals surface area contributed by atoms with E-state index in [9.17, 15) is 4.79 Å². The van der Waals surface area contributed by atoms with Crippen LogP contribution in [-0.2, 0) is 0 Å². The first-order valence-corrected chi connectivity index (χ1v) is 8.19. The Morgan fingerprint density at radius 1 is 1.24 bits per heavy atom. The van der Waals surface area contributed by atoms with Crippen molar-refractivity contribution in [2.45, 2.75) is 39.3 Å². The number of hydrogen-bond acceptors (Lipinski definition) is 3. The molecule has 0 bridgehead atoms. The van der Waals surface area contributed by atoms with Gasteiger partial charge in [0.05, 0.1) is 6.04 Å². The van der Waals surface area contributed by atoms with Gasteiger partial charge >= 0.3 is 0 Å². The summed E-state index contributed by atoms with van der Waals surface area (Å²) in [6.07, 6.45) is 1.00. The third-order valence-electron chi connectivity index (χ3n) is 3.18. The molecule has 0 fully saturated rings. The molecule has 1 heterocycles. The highest BCUT2D eigenvalue weighted by Gasteiger charge is 2.12. The SMILES string of the molecule is CCC(Nc1cccc(C(=O)NC(C)C)c1)c1cccs1. The van der Waals surface area contributed by atoms with Gasteiger partial charge in [0.2, 0.25) is 0 Å². The molecule has 0 aliphatic carbocycles. The number of nitrogens with one attached hydrogen (secondary N) is 2. The minimum atomic E-state index is -0.0298. The molecule has 1 atom stereocenters.